The van der Waals surface area contributed by atoms with E-state index in [1.165, 1.54) is 32.1 Å². The van der Waals surface area contributed by atoms with Crippen LogP contribution in [0.15, 0.2) is 23.8 Å². The van der Waals surface area contributed by atoms with Crippen LogP contribution >= 0.6 is 0 Å². The highest BCUT2D eigenvalue weighted by Crippen LogP contribution is 2.49. The Hall–Kier alpha value is -1.26. The van der Waals surface area contributed by atoms with E-state index in [-0.39, 0.29) is 18.1 Å². The van der Waals surface area contributed by atoms with Gasteiger partial charge < -0.3 is 9.47 Å². The molecule has 1 aromatic carbocycles. The number of hydrogen-bond donors (Lipinski definition) is 0. The van der Waals surface area contributed by atoms with Gasteiger partial charge in [-0.05, 0) is 80.6 Å². The molecule has 2 saturated carbocycles. The van der Waals surface area contributed by atoms with Crippen molar-refractivity contribution >= 4 is 0 Å². The monoisotopic (exact) mass is 416 g/mol. The van der Waals surface area contributed by atoms with Gasteiger partial charge in [0, 0.05) is 5.56 Å². The first kappa shape index (κ1) is 20.6. The fourth-order valence-electron chi connectivity index (χ4n) is 6.36. The van der Waals surface area contributed by atoms with Gasteiger partial charge in [-0.3, -0.25) is 0 Å². The van der Waals surface area contributed by atoms with Crippen LogP contribution in [0.25, 0.3) is 0 Å². The largest absolute Gasteiger partial charge is 0.378 e. The van der Waals surface area contributed by atoms with Crippen molar-refractivity contribution in [1.29, 1.82) is 0 Å². The molecule has 1 saturated heterocycles. The highest BCUT2D eigenvalue weighted by molar-refractivity contribution is 5.32. The smallest absolute Gasteiger partial charge is 0.165 e. The summed E-state index contributed by atoms with van der Waals surface area (Å²) in [4.78, 5) is 0. The average molecular weight is 417 g/mol. The number of epoxide rings is 1. The zero-order valence-electron chi connectivity index (χ0n) is 18.0. The highest BCUT2D eigenvalue weighted by atomic mass is 19.2. The van der Waals surface area contributed by atoms with Crippen LogP contribution in [0.4, 0.5) is 8.78 Å². The van der Waals surface area contributed by atoms with E-state index in [1.54, 1.807) is 17.7 Å². The quantitative estimate of drug-likeness (QED) is 0.358. The normalized spacial score (nSPS) is 35.4. The first-order valence-electron chi connectivity index (χ1n) is 12.1. The van der Waals surface area contributed by atoms with Gasteiger partial charge in [0.25, 0.3) is 0 Å². The van der Waals surface area contributed by atoms with Crippen molar-refractivity contribution in [3.63, 3.8) is 0 Å². The van der Waals surface area contributed by atoms with Crippen LogP contribution in [-0.2, 0) is 9.47 Å². The highest BCUT2D eigenvalue weighted by Gasteiger charge is 2.40. The number of ether oxygens (including phenoxy) is 2. The molecule has 0 bridgehead atoms. The third kappa shape index (κ3) is 3.98. The summed E-state index contributed by atoms with van der Waals surface area (Å²) in [5.41, 5.74) is 2.61. The predicted octanol–water partition coefficient (Wildman–Crippen LogP) is 6.85. The average Bonchev–Trinajstić information content (AvgIpc) is 3.40. The maximum absolute atomic E-state index is 14.6. The van der Waals surface area contributed by atoms with Crippen molar-refractivity contribution in [2.45, 2.75) is 82.8 Å². The van der Waals surface area contributed by atoms with Gasteiger partial charge in [-0.2, -0.15) is 0 Å². The van der Waals surface area contributed by atoms with Crippen molar-refractivity contribution in [2.75, 3.05) is 13.2 Å². The Kier molecular flexibility index (Phi) is 5.99. The Morgan fingerprint density at radius 2 is 1.73 bits per heavy atom. The van der Waals surface area contributed by atoms with Gasteiger partial charge in [-0.25, -0.2) is 8.78 Å². The Balaban J connectivity index is 1.11. The molecular formula is C26H34F2O2. The van der Waals surface area contributed by atoms with Gasteiger partial charge in [0.2, 0.25) is 0 Å². The van der Waals surface area contributed by atoms with Gasteiger partial charge in [-0.1, -0.05) is 37.1 Å². The molecule has 5 rings (SSSR count). The maximum Gasteiger partial charge on any atom is 0.165 e. The van der Waals surface area contributed by atoms with E-state index in [9.17, 15) is 8.78 Å². The molecule has 1 aliphatic heterocycles. The van der Waals surface area contributed by atoms with Gasteiger partial charge >= 0.3 is 0 Å². The van der Waals surface area contributed by atoms with Crippen LogP contribution in [0.1, 0.15) is 87.9 Å². The summed E-state index contributed by atoms with van der Waals surface area (Å²) >= 11 is 0. The molecule has 0 radical (unpaired) electrons. The Bertz CT molecular complexity index is 792. The molecule has 4 atom stereocenters. The first-order valence-corrected chi connectivity index (χ1v) is 12.1. The van der Waals surface area contributed by atoms with Gasteiger partial charge in [0.1, 0.15) is 6.10 Å². The molecule has 3 aliphatic carbocycles. The first-order chi connectivity index (χ1) is 14.7. The number of hydrogen-bond acceptors (Lipinski definition) is 2. The molecule has 1 aromatic rings. The van der Waals surface area contributed by atoms with E-state index in [0.29, 0.717) is 23.7 Å². The molecule has 4 unspecified atom stereocenters. The fraction of sp³-hybridized carbons (Fsp3) is 0.692. The molecule has 2 nitrogen and oxygen atoms in total. The number of halogens is 2. The zero-order valence-corrected chi connectivity index (χ0v) is 18.0. The predicted molar refractivity (Wildman–Crippen MR) is 113 cm³/mol. The maximum atomic E-state index is 14.6. The molecule has 0 aromatic heterocycles. The Morgan fingerprint density at radius 1 is 1.00 bits per heavy atom. The lowest BCUT2D eigenvalue weighted by atomic mass is 9.82. The molecule has 1 heterocycles. The molecule has 0 N–H and O–H groups in total. The van der Waals surface area contributed by atoms with E-state index in [1.807, 2.05) is 0 Å². The van der Waals surface area contributed by atoms with Crippen molar-refractivity contribution in [2.24, 2.45) is 17.8 Å². The Morgan fingerprint density at radius 3 is 2.47 bits per heavy atom. The summed E-state index contributed by atoms with van der Waals surface area (Å²) in [5, 5.41) is 0. The van der Waals surface area contributed by atoms with E-state index < -0.39 is 11.6 Å². The number of rotatable bonds is 7. The molecule has 0 amide bonds. The third-order valence-corrected chi connectivity index (χ3v) is 8.12. The lowest BCUT2D eigenvalue weighted by Gasteiger charge is -2.30. The molecule has 164 valence electrons. The number of benzene rings is 1. The molecule has 30 heavy (non-hydrogen) atoms. The lowest BCUT2D eigenvalue weighted by Crippen LogP contribution is -2.25. The van der Waals surface area contributed by atoms with Crippen LogP contribution < -0.4 is 0 Å². The second-order valence-electron chi connectivity index (χ2n) is 9.87. The van der Waals surface area contributed by atoms with Crippen LogP contribution in [0.2, 0.25) is 0 Å². The second kappa shape index (κ2) is 8.70. The summed E-state index contributed by atoms with van der Waals surface area (Å²) in [6, 6.07) is 3.49. The second-order valence-corrected chi connectivity index (χ2v) is 9.87. The third-order valence-electron chi connectivity index (χ3n) is 8.12. The van der Waals surface area contributed by atoms with E-state index >= 15 is 0 Å². The van der Waals surface area contributed by atoms with Crippen molar-refractivity contribution in [1.82, 2.24) is 0 Å². The zero-order chi connectivity index (χ0) is 20.7. The number of fused-ring (bicyclic) bond motifs is 1. The molecule has 4 heteroatoms. The minimum absolute atomic E-state index is 0.0972. The summed E-state index contributed by atoms with van der Waals surface area (Å²) in [7, 11) is 0. The van der Waals surface area contributed by atoms with Crippen molar-refractivity contribution in [3.05, 3.63) is 46.5 Å². The summed E-state index contributed by atoms with van der Waals surface area (Å²) in [5.74, 6) is 1.03. The fourth-order valence-corrected chi connectivity index (χ4v) is 6.36. The van der Waals surface area contributed by atoms with Crippen LogP contribution in [0.3, 0.4) is 0 Å². The molecule has 0 spiro atoms. The van der Waals surface area contributed by atoms with Crippen LogP contribution in [0, 0.1) is 29.4 Å². The van der Waals surface area contributed by atoms with Crippen LogP contribution in [0.5, 0.6) is 0 Å². The van der Waals surface area contributed by atoms with E-state index in [4.69, 9.17) is 9.47 Å². The number of allylic oxidation sites excluding steroid dienone is 2. The van der Waals surface area contributed by atoms with Crippen LogP contribution in [-0.4, -0.2) is 19.3 Å². The minimum Gasteiger partial charge on any atom is -0.378 e. The lowest BCUT2D eigenvalue weighted by molar-refractivity contribution is -0.00281. The molecular weight excluding hydrogens is 382 g/mol. The summed E-state index contributed by atoms with van der Waals surface area (Å²) in [6.45, 7) is 3.65. The van der Waals surface area contributed by atoms with E-state index in [2.05, 4.69) is 13.0 Å². The summed E-state index contributed by atoms with van der Waals surface area (Å²) < 4.78 is 40.5. The topological polar surface area (TPSA) is 21.8 Å². The summed E-state index contributed by atoms with van der Waals surface area (Å²) in [6.07, 6.45) is 12.6. The van der Waals surface area contributed by atoms with Crippen molar-refractivity contribution in [3.8, 4) is 0 Å². The molecule has 3 fully saturated rings. The minimum atomic E-state index is -0.711. The van der Waals surface area contributed by atoms with Crippen molar-refractivity contribution < 1.29 is 18.3 Å². The molecule has 4 aliphatic rings. The van der Waals surface area contributed by atoms with Gasteiger partial charge in [0.15, 0.2) is 11.6 Å². The standard InChI is InChI=1S/C26H34F2O2/c1-2-3-16-6-10-21-18(7-11-20(16)21)14-29-19-8-4-17(5-9-19)22-12-13-23(24-15-30-24)26(28)25(22)27/h6,12-13,17-21,24H,2-5,7-11,14-15H2,1H3. The van der Waals surface area contributed by atoms with Gasteiger partial charge in [-0.15, -0.1) is 0 Å². The van der Waals surface area contributed by atoms with E-state index in [0.717, 1.165) is 44.1 Å². The Labute approximate surface area is 179 Å². The van der Waals surface area contributed by atoms with Gasteiger partial charge in [0.05, 0.1) is 19.3 Å². The SMILES string of the molecule is CCCC1=CCC2C(COC3CCC(c4ccc(C5CO5)c(F)c4F)CC3)CCC12.